The Labute approximate surface area is 186 Å². The van der Waals surface area contributed by atoms with E-state index in [1.807, 2.05) is 6.26 Å². The monoisotopic (exact) mass is 452 g/mol. The van der Waals surface area contributed by atoms with Gasteiger partial charge < -0.3 is 16.0 Å². The number of hydrogen-bond donors (Lipinski definition) is 3. The first-order chi connectivity index (χ1) is 15.5. The predicted octanol–water partition coefficient (Wildman–Crippen LogP) is 1.23. The average molecular weight is 452 g/mol. The molecule has 1 aliphatic rings. The summed E-state index contributed by atoms with van der Waals surface area (Å²) in [4.78, 5) is 50.0. The van der Waals surface area contributed by atoms with Gasteiger partial charge in [-0.1, -0.05) is 17.3 Å². The first kappa shape index (κ1) is 21.5. The van der Waals surface area contributed by atoms with Gasteiger partial charge in [0.1, 0.15) is 18.1 Å². The fourth-order valence-corrected chi connectivity index (χ4v) is 3.81. The van der Waals surface area contributed by atoms with Gasteiger partial charge in [-0.3, -0.25) is 19.2 Å². The second-order valence-corrected chi connectivity index (χ2v) is 8.16. The van der Waals surface area contributed by atoms with Crippen molar-refractivity contribution < 1.29 is 14.4 Å². The molecule has 0 saturated carbocycles. The summed E-state index contributed by atoms with van der Waals surface area (Å²) in [5.74, 6) is -0.463. The molecule has 2 aromatic carbocycles. The third kappa shape index (κ3) is 4.47. The number of rotatable bonds is 6. The SMILES string of the molecule is CSCCC1NC(=O)c2cc(NC(=O)Cn3nnc4ccccc4c3=O)ccc2NC1=O. The largest absolute Gasteiger partial charge is 0.340 e. The van der Waals surface area contributed by atoms with E-state index < -0.39 is 23.4 Å². The number of thioether (sulfide) groups is 1. The number of benzene rings is 2. The van der Waals surface area contributed by atoms with Gasteiger partial charge in [-0.2, -0.15) is 11.8 Å². The van der Waals surface area contributed by atoms with E-state index in [0.29, 0.717) is 28.7 Å². The Balaban J connectivity index is 1.50. The molecule has 1 aromatic heterocycles. The molecule has 4 rings (SSSR count). The van der Waals surface area contributed by atoms with Crippen molar-refractivity contribution in [2.24, 2.45) is 0 Å². The summed E-state index contributed by atoms with van der Waals surface area (Å²) in [5.41, 5.74) is 0.983. The maximum Gasteiger partial charge on any atom is 0.278 e. The van der Waals surface area contributed by atoms with Gasteiger partial charge in [0, 0.05) is 5.69 Å². The van der Waals surface area contributed by atoms with E-state index in [-0.39, 0.29) is 18.0 Å². The Morgan fingerprint density at radius 3 is 2.81 bits per heavy atom. The Hall–Kier alpha value is -3.73. The van der Waals surface area contributed by atoms with Gasteiger partial charge >= 0.3 is 0 Å². The fourth-order valence-electron chi connectivity index (χ4n) is 3.34. The van der Waals surface area contributed by atoms with Gasteiger partial charge in [0.25, 0.3) is 11.5 Å². The highest BCUT2D eigenvalue weighted by Crippen LogP contribution is 2.24. The molecule has 2 heterocycles. The van der Waals surface area contributed by atoms with Crippen LogP contribution in [0.3, 0.4) is 0 Å². The Morgan fingerprint density at radius 2 is 2.00 bits per heavy atom. The number of nitrogens with zero attached hydrogens (tertiary/aromatic N) is 3. The van der Waals surface area contributed by atoms with E-state index in [1.54, 1.807) is 48.2 Å². The van der Waals surface area contributed by atoms with Crippen LogP contribution in [-0.4, -0.2) is 50.8 Å². The summed E-state index contributed by atoms with van der Waals surface area (Å²) in [7, 11) is 0. The Morgan fingerprint density at radius 1 is 1.19 bits per heavy atom. The summed E-state index contributed by atoms with van der Waals surface area (Å²) in [6.07, 6.45) is 2.44. The zero-order valence-electron chi connectivity index (χ0n) is 17.1. The first-order valence-electron chi connectivity index (χ1n) is 9.83. The number of nitrogens with one attached hydrogen (secondary N) is 3. The lowest BCUT2D eigenvalue weighted by atomic mass is 10.1. The molecule has 1 aliphatic heterocycles. The van der Waals surface area contributed by atoms with Crippen molar-refractivity contribution in [2.45, 2.75) is 19.0 Å². The molecule has 3 N–H and O–H groups in total. The number of aromatic nitrogens is 3. The quantitative estimate of drug-likeness (QED) is 0.512. The van der Waals surface area contributed by atoms with Crippen LogP contribution in [0.15, 0.2) is 47.3 Å². The molecule has 3 amide bonds. The van der Waals surface area contributed by atoms with Crippen LogP contribution in [0.25, 0.3) is 10.9 Å². The van der Waals surface area contributed by atoms with Gasteiger partial charge in [-0.15, -0.1) is 5.10 Å². The van der Waals surface area contributed by atoms with Crippen LogP contribution in [0.4, 0.5) is 11.4 Å². The molecule has 0 radical (unpaired) electrons. The summed E-state index contributed by atoms with van der Waals surface area (Å²) in [6.45, 7) is -0.340. The lowest BCUT2D eigenvalue weighted by Gasteiger charge is -2.13. The molecular formula is C21H20N6O4S. The minimum absolute atomic E-state index is 0.241. The summed E-state index contributed by atoms with van der Waals surface area (Å²) >= 11 is 1.59. The second kappa shape index (κ2) is 9.18. The average Bonchev–Trinajstić information content (AvgIpc) is 2.90. The molecular weight excluding hydrogens is 432 g/mol. The molecule has 164 valence electrons. The summed E-state index contributed by atoms with van der Waals surface area (Å²) in [6, 6.07) is 10.7. The molecule has 11 heteroatoms. The lowest BCUT2D eigenvalue weighted by molar-refractivity contribution is -0.118. The van der Waals surface area contributed by atoms with E-state index in [2.05, 4.69) is 26.3 Å². The number of carbonyl (C=O) groups excluding carboxylic acids is 3. The molecule has 1 unspecified atom stereocenters. The topological polar surface area (TPSA) is 135 Å². The minimum Gasteiger partial charge on any atom is -0.340 e. The van der Waals surface area contributed by atoms with Crippen LogP contribution in [0.1, 0.15) is 16.8 Å². The molecule has 0 bridgehead atoms. The van der Waals surface area contributed by atoms with Gasteiger partial charge in [-0.25, -0.2) is 4.68 Å². The van der Waals surface area contributed by atoms with Crippen molar-refractivity contribution in [1.29, 1.82) is 0 Å². The highest BCUT2D eigenvalue weighted by Gasteiger charge is 2.27. The van der Waals surface area contributed by atoms with Gasteiger partial charge in [0.15, 0.2) is 0 Å². The molecule has 3 aromatic rings. The summed E-state index contributed by atoms with van der Waals surface area (Å²) in [5, 5.41) is 16.2. The smallest absolute Gasteiger partial charge is 0.278 e. The zero-order valence-corrected chi connectivity index (χ0v) is 17.9. The molecule has 1 atom stereocenters. The lowest BCUT2D eigenvalue weighted by Crippen LogP contribution is -2.41. The van der Waals surface area contributed by atoms with Gasteiger partial charge in [0.2, 0.25) is 11.8 Å². The molecule has 32 heavy (non-hydrogen) atoms. The highest BCUT2D eigenvalue weighted by atomic mass is 32.2. The molecule has 0 aliphatic carbocycles. The Bertz CT molecular complexity index is 1270. The van der Waals surface area contributed by atoms with Crippen LogP contribution >= 0.6 is 11.8 Å². The van der Waals surface area contributed by atoms with Crippen molar-refractivity contribution in [3.05, 3.63) is 58.4 Å². The Kier molecular flexibility index (Phi) is 6.17. The van der Waals surface area contributed by atoms with Crippen LogP contribution in [-0.2, 0) is 16.1 Å². The van der Waals surface area contributed by atoms with Crippen LogP contribution in [0.2, 0.25) is 0 Å². The van der Waals surface area contributed by atoms with E-state index in [4.69, 9.17) is 0 Å². The molecule has 0 fully saturated rings. The fraction of sp³-hybridized carbons (Fsp3) is 0.238. The number of anilines is 2. The van der Waals surface area contributed by atoms with Crippen LogP contribution in [0, 0.1) is 0 Å². The number of carbonyl (C=O) groups is 3. The number of amides is 3. The van der Waals surface area contributed by atoms with Crippen molar-refractivity contribution in [3.8, 4) is 0 Å². The van der Waals surface area contributed by atoms with Gasteiger partial charge in [0.05, 0.1) is 16.6 Å². The molecule has 10 nitrogen and oxygen atoms in total. The van der Waals surface area contributed by atoms with Crippen molar-refractivity contribution in [1.82, 2.24) is 20.3 Å². The number of fused-ring (bicyclic) bond motifs is 2. The second-order valence-electron chi connectivity index (χ2n) is 7.17. The van der Waals surface area contributed by atoms with E-state index in [0.717, 1.165) is 10.4 Å². The standard InChI is InChI=1S/C21H20N6O4S/c1-32-9-8-17-20(30)23-15-7-6-12(10-14(15)19(29)24-17)22-18(28)11-27-21(31)13-4-2-3-5-16(13)25-26-27/h2-7,10,17H,8-9,11H2,1H3,(H,22,28)(H,23,30)(H,24,29). The molecule has 0 saturated heterocycles. The van der Waals surface area contributed by atoms with E-state index >= 15 is 0 Å². The van der Waals surface area contributed by atoms with Crippen molar-refractivity contribution in [3.63, 3.8) is 0 Å². The molecule has 0 spiro atoms. The first-order valence-corrected chi connectivity index (χ1v) is 11.2. The third-order valence-corrected chi connectivity index (χ3v) is 5.60. The van der Waals surface area contributed by atoms with Crippen LogP contribution < -0.4 is 21.5 Å². The van der Waals surface area contributed by atoms with E-state index in [1.165, 1.54) is 6.07 Å². The minimum atomic E-state index is -0.626. The maximum absolute atomic E-state index is 12.6. The predicted molar refractivity (Wildman–Crippen MR) is 122 cm³/mol. The van der Waals surface area contributed by atoms with Crippen molar-refractivity contribution in [2.75, 3.05) is 22.6 Å². The van der Waals surface area contributed by atoms with E-state index in [9.17, 15) is 19.2 Å². The normalized spacial score (nSPS) is 15.5. The summed E-state index contributed by atoms with van der Waals surface area (Å²) < 4.78 is 0.977. The number of hydrogen-bond acceptors (Lipinski definition) is 7. The third-order valence-electron chi connectivity index (χ3n) is 4.96. The van der Waals surface area contributed by atoms with Gasteiger partial charge in [-0.05, 0) is 48.8 Å². The zero-order chi connectivity index (χ0) is 22.7. The highest BCUT2D eigenvalue weighted by molar-refractivity contribution is 7.98. The maximum atomic E-state index is 12.6. The van der Waals surface area contributed by atoms with Crippen molar-refractivity contribution >= 4 is 51.8 Å². The van der Waals surface area contributed by atoms with Crippen LogP contribution in [0.5, 0.6) is 0 Å².